The number of nitrogens with zero attached hydrogens (tertiary/aromatic N) is 1. The van der Waals surface area contributed by atoms with E-state index in [4.69, 9.17) is 16.3 Å². The molecule has 0 bridgehead atoms. The van der Waals surface area contributed by atoms with Gasteiger partial charge >= 0.3 is 0 Å². The van der Waals surface area contributed by atoms with E-state index in [9.17, 15) is 17.6 Å². The SMILES string of the molecule is CN(c1ccc(OCC(=O)NCc2ccccc2Cl)cc1)S(=O)(=O)c1ccc(F)cc1. The molecular weight excluding hydrogens is 443 g/mol. The molecule has 1 N–H and O–H groups in total. The highest BCUT2D eigenvalue weighted by molar-refractivity contribution is 7.92. The second kappa shape index (κ2) is 9.80. The van der Waals surface area contributed by atoms with E-state index >= 15 is 0 Å². The Morgan fingerprint density at radius 3 is 2.32 bits per heavy atom. The molecule has 3 aromatic carbocycles. The van der Waals surface area contributed by atoms with Crippen molar-refractivity contribution >= 4 is 33.2 Å². The van der Waals surface area contributed by atoms with Gasteiger partial charge in [-0.1, -0.05) is 29.8 Å². The predicted molar refractivity (Wildman–Crippen MR) is 117 cm³/mol. The van der Waals surface area contributed by atoms with Gasteiger partial charge in [-0.2, -0.15) is 0 Å². The van der Waals surface area contributed by atoms with E-state index in [2.05, 4.69) is 5.32 Å². The lowest BCUT2D eigenvalue weighted by Crippen LogP contribution is -2.28. The highest BCUT2D eigenvalue weighted by atomic mass is 35.5. The van der Waals surface area contributed by atoms with Crippen molar-refractivity contribution in [3.63, 3.8) is 0 Å². The number of halogens is 2. The standard InChI is InChI=1S/C22H20ClFN2O4S/c1-26(31(28,29)20-12-6-17(24)7-13-20)18-8-10-19(11-9-18)30-15-22(27)25-14-16-4-2-3-5-21(16)23/h2-13H,14-15H2,1H3,(H,25,27). The number of benzene rings is 3. The zero-order valence-electron chi connectivity index (χ0n) is 16.6. The van der Waals surface area contributed by atoms with E-state index in [-0.39, 0.29) is 24.0 Å². The maximum atomic E-state index is 13.1. The van der Waals surface area contributed by atoms with Gasteiger partial charge in [-0.05, 0) is 60.2 Å². The van der Waals surface area contributed by atoms with E-state index in [1.807, 2.05) is 18.2 Å². The summed E-state index contributed by atoms with van der Waals surface area (Å²) in [4.78, 5) is 12.0. The fourth-order valence-electron chi connectivity index (χ4n) is 2.69. The molecule has 0 aliphatic heterocycles. The summed E-state index contributed by atoms with van der Waals surface area (Å²) < 4.78 is 44.9. The number of nitrogens with one attached hydrogen (secondary N) is 1. The molecule has 31 heavy (non-hydrogen) atoms. The Balaban J connectivity index is 1.56. The first kappa shape index (κ1) is 22.6. The number of hydrogen-bond acceptors (Lipinski definition) is 4. The molecule has 3 rings (SSSR count). The molecule has 0 saturated heterocycles. The smallest absolute Gasteiger partial charge is 0.264 e. The van der Waals surface area contributed by atoms with Crippen LogP contribution in [0.25, 0.3) is 0 Å². The monoisotopic (exact) mass is 462 g/mol. The molecular formula is C22H20ClFN2O4S. The van der Waals surface area contributed by atoms with Crippen LogP contribution in [-0.2, 0) is 21.4 Å². The summed E-state index contributed by atoms with van der Waals surface area (Å²) >= 11 is 6.05. The summed E-state index contributed by atoms with van der Waals surface area (Å²) in [7, 11) is -2.43. The third-order valence-electron chi connectivity index (χ3n) is 4.48. The van der Waals surface area contributed by atoms with Gasteiger partial charge in [0.05, 0.1) is 10.6 Å². The lowest BCUT2D eigenvalue weighted by molar-refractivity contribution is -0.123. The molecule has 0 aliphatic rings. The van der Waals surface area contributed by atoms with Crippen LogP contribution in [-0.4, -0.2) is 28.0 Å². The minimum Gasteiger partial charge on any atom is -0.484 e. The van der Waals surface area contributed by atoms with E-state index in [1.54, 1.807) is 30.3 Å². The van der Waals surface area contributed by atoms with Gasteiger partial charge in [0.1, 0.15) is 11.6 Å². The fraction of sp³-hybridized carbons (Fsp3) is 0.136. The molecule has 9 heteroatoms. The lowest BCUT2D eigenvalue weighted by Gasteiger charge is -2.20. The van der Waals surface area contributed by atoms with Gasteiger partial charge in [-0.15, -0.1) is 0 Å². The highest BCUT2D eigenvalue weighted by Gasteiger charge is 2.21. The summed E-state index contributed by atoms with van der Waals surface area (Å²) in [6, 6.07) is 18.0. The molecule has 0 unspecified atom stereocenters. The van der Waals surface area contributed by atoms with Crippen LogP contribution in [0.1, 0.15) is 5.56 Å². The third-order valence-corrected chi connectivity index (χ3v) is 6.64. The van der Waals surface area contributed by atoms with Crippen LogP contribution >= 0.6 is 11.6 Å². The summed E-state index contributed by atoms with van der Waals surface area (Å²) in [5, 5.41) is 3.29. The van der Waals surface area contributed by atoms with Gasteiger partial charge in [-0.25, -0.2) is 12.8 Å². The Morgan fingerprint density at radius 1 is 1.03 bits per heavy atom. The quantitative estimate of drug-likeness (QED) is 0.549. The molecule has 1 amide bonds. The Labute approximate surface area is 185 Å². The van der Waals surface area contributed by atoms with Crippen LogP contribution in [0.5, 0.6) is 5.75 Å². The van der Waals surface area contributed by atoms with Crippen molar-refractivity contribution in [2.45, 2.75) is 11.4 Å². The van der Waals surface area contributed by atoms with Gasteiger partial charge in [0.15, 0.2) is 6.61 Å². The van der Waals surface area contributed by atoms with Crippen molar-refractivity contribution in [2.24, 2.45) is 0 Å². The maximum absolute atomic E-state index is 13.1. The van der Waals surface area contributed by atoms with Crippen molar-refractivity contribution in [2.75, 3.05) is 18.0 Å². The van der Waals surface area contributed by atoms with Crippen molar-refractivity contribution in [1.29, 1.82) is 0 Å². The first-order valence-corrected chi connectivity index (χ1v) is 11.1. The normalized spacial score (nSPS) is 11.1. The lowest BCUT2D eigenvalue weighted by atomic mass is 10.2. The van der Waals surface area contributed by atoms with Crippen LogP contribution in [0, 0.1) is 5.82 Å². The number of anilines is 1. The minimum absolute atomic E-state index is 0.0214. The highest BCUT2D eigenvalue weighted by Crippen LogP contribution is 2.24. The number of carbonyl (C=O) groups is 1. The van der Waals surface area contributed by atoms with Gasteiger partial charge < -0.3 is 10.1 Å². The van der Waals surface area contributed by atoms with E-state index in [0.717, 1.165) is 22.0 Å². The maximum Gasteiger partial charge on any atom is 0.264 e. The van der Waals surface area contributed by atoms with Crippen molar-refractivity contribution in [3.05, 3.63) is 89.2 Å². The molecule has 3 aromatic rings. The van der Waals surface area contributed by atoms with Gasteiger partial charge in [-0.3, -0.25) is 9.10 Å². The van der Waals surface area contributed by atoms with Crippen LogP contribution < -0.4 is 14.4 Å². The minimum atomic E-state index is -3.83. The molecule has 0 saturated carbocycles. The number of carbonyl (C=O) groups excluding carboxylic acids is 1. The zero-order chi connectivity index (χ0) is 22.4. The van der Waals surface area contributed by atoms with Crippen molar-refractivity contribution in [1.82, 2.24) is 5.32 Å². The summed E-state index contributed by atoms with van der Waals surface area (Å²) in [6.45, 7) is 0.0837. The van der Waals surface area contributed by atoms with Crippen LogP contribution in [0.4, 0.5) is 10.1 Å². The molecule has 0 atom stereocenters. The Morgan fingerprint density at radius 2 is 1.68 bits per heavy atom. The average Bonchev–Trinajstić information content (AvgIpc) is 2.77. The number of ether oxygens (including phenoxy) is 1. The molecule has 0 fully saturated rings. The molecule has 0 radical (unpaired) electrons. The fourth-order valence-corrected chi connectivity index (χ4v) is 4.09. The largest absolute Gasteiger partial charge is 0.484 e. The zero-order valence-corrected chi connectivity index (χ0v) is 18.2. The number of rotatable bonds is 8. The number of hydrogen-bond donors (Lipinski definition) is 1. The molecule has 0 spiro atoms. The summed E-state index contributed by atoms with van der Waals surface area (Å²) in [6.07, 6.45) is 0. The van der Waals surface area contributed by atoms with Crippen molar-refractivity contribution < 1.29 is 22.3 Å². The van der Waals surface area contributed by atoms with Gasteiger partial charge in [0, 0.05) is 18.6 Å². The predicted octanol–water partition coefficient (Wildman–Crippen LogP) is 4.00. The number of sulfonamides is 1. The Bertz CT molecular complexity index is 1150. The van der Waals surface area contributed by atoms with E-state index < -0.39 is 15.8 Å². The molecule has 162 valence electrons. The summed E-state index contributed by atoms with van der Waals surface area (Å²) in [5.41, 5.74) is 1.19. The molecule has 0 aliphatic carbocycles. The molecule has 0 heterocycles. The van der Waals surface area contributed by atoms with Gasteiger partial charge in [0.25, 0.3) is 15.9 Å². The van der Waals surface area contributed by atoms with Crippen LogP contribution in [0.3, 0.4) is 0 Å². The van der Waals surface area contributed by atoms with Crippen molar-refractivity contribution in [3.8, 4) is 5.75 Å². The first-order valence-electron chi connectivity index (χ1n) is 9.25. The molecule has 0 aromatic heterocycles. The Hall–Kier alpha value is -3.10. The van der Waals surface area contributed by atoms with Crippen LogP contribution in [0.15, 0.2) is 77.7 Å². The first-order chi connectivity index (χ1) is 14.8. The van der Waals surface area contributed by atoms with E-state index in [1.165, 1.54) is 19.2 Å². The third kappa shape index (κ3) is 5.74. The Kier molecular flexibility index (Phi) is 7.14. The van der Waals surface area contributed by atoms with Gasteiger partial charge in [0.2, 0.25) is 0 Å². The molecule has 6 nitrogen and oxygen atoms in total. The summed E-state index contributed by atoms with van der Waals surface area (Å²) in [5.74, 6) is -0.428. The van der Waals surface area contributed by atoms with Crippen LogP contribution in [0.2, 0.25) is 5.02 Å². The average molecular weight is 463 g/mol. The second-order valence-electron chi connectivity index (χ2n) is 6.58. The topological polar surface area (TPSA) is 75.7 Å². The number of amides is 1. The van der Waals surface area contributed by atoms with E-state index in [0.29, 0.717) is 16.5 Å². The second-order valence-corrected chi connectivity index (χ2v) is 8.95.